The summed E-state index contributed by atoms with van der Waals surface area (Å²) < 4.78 is 49.8. The number of methoxy groups -OCH3 is 1. The maximum absolute atomic E-state index is 13.0. The number of carbonyl (C=O) groups excluding carboxylic acids is 1. The van der Waals surface area contributed by atoms with E-state index in [1.165, 1.54) is 42.6 Å². The molecule has 1 aromatic carbocycles. The van der Waals surface area contributed by atoms with Crippen LogP contribution in [0.15, 0.2) is 36.7 Å². The fraction of sp³-hybridized carbons (Fsp3) is 0.389. The van der Waals surface area contributed by atoms with E-state index in [1.807, 2.05) is 0 Å². The highest BCUT2D eigenvalue weighted by Crippen LogP contribution is 2.34. The Morgan fingerprint density at radius 3 is 2.43 bits per heavy atom. The monoisotopic (exact) mass is 396 g/mol. The first-order valence-corrected chi connectivity index (χ1v) is 8.61. The molecule has 1 saturated heterocycles. The van der Waals surface area contributed by atoms with Gasteiger partial charge in [0.05, 0.1) is 30.8 Å². The fourth-order valence-electron chi connectivity index (χ4n) is 2.83. The number of para-hydroxylation sites is 1. The molecule has 0 saturated carbocycles. The molecule has 0 aliphatic carbocycles. The first-order valence-electron chi connectivity index (χ1n) is 8.61. The molecule has 1 N–H and O–H groups in total. The van der Waals surface area contributed by atoms with Crippen LogP contribution in [0.1, 0.15) is 18.4 Å². The molecule has 2 aromatic rings. The van der Waals surface area contributed by atoms with Gasteiger partial charge in [-0.1, -0.05) is 12.1 Å². The summed E-state index contributed by atoms with van der Waals surface area (Å²) in [6.07, 6.45) is -0.706. The van der Waals surface area contributed by atoms with E-state index in [0.29, 0.717) is 31.7 Å². The van der Waals surface area contributed by atoms with Gasteiger partial charge in [-0.3, -0.25) is 0 Å². The van der Waals surface area contributed by atoms with E-state index in [9.17, 15) is 18.0 Å². The minimum Gasteiger partial charge on any atom is -0.494 e. The average molecular weight is 396 g/mol. The predicted octanol–water partition coefficient (Wildman–Crippen LogP) is 3.58. The number of benzene rings is 1. The van der Waals surface area contributed by atoms with Crippen molar-refractivity contribution in [2.24, 2.45) is 0 Å². The number of hydrogen-bond donors (Lipinski definition) is 1. The summed E-state index contributed by atoms with van der Waals surface area (Å²) in [7, 11) is 1.51. The third-order valence-corrected chi connectivity index (χ3v) is 4.32. The zero-order chi connectivity index (χ0) is 20.1. The second-order valence-electron chi connectivity index (χ2n) is 6.18. The van der Waals surface area contributed by atoms with Crippen molar-refractivity contribution >= 4 is 11.7 Å². The normalized spacial score (nSPS) is 15.2. The lowest BCUT2D eigenvalue weighted by Gasteiger charge is -2.31. The lowest BCUT2D eigenvalue weighted by atomic mass is 10.1. The second-order valence-corrected chi connectivity index (χ2v) is 6.18. The van der Waals surface area contributed by atoms with Crippen LogP contribution in [0.3, 0.4) is 0 Å². The first kappa shape index (κ1) is 19.7. The fourth-order valence-corrected chi connectivity index (χ4v) is 2.83. The predicted molar refractivity (Wildman–Crippen MR) is 94.3 cm³/mol. The molecule has 0 atom stereocenters. The smallest absolute Gasteiger partial charge is 0.418 e. The number of aromatic nitrogens is 2. The van der Waals surface area contributed by atoms with Gasteiger partial charge >= 0.3 is 18.2 Å². The van der Waals surface area contributed by atoms with Crippen molar-refractivity contribution in [3.05, 3.63) is 42.2 Å². The molecule has 1 aromatic heterocycles. The van der Waals surface area contributed by atoms with E-state index in [0.717, 1.165) is 6.07 Å². The van der Waals surface area contributed by atoms with Crippen LogP contribution in [0.25, 0.3) is 0 Å². The number of amides is 2. The number of ether oxygens (including phenoxy) is 2. The highest BCUT2D eigenvalue weighted by Gasteiger charge is 2.34. The quantitative estimate of drug-likeness (QED) is 0.855. The summed E-state index contributed by atoms with van der Waals surface area (Å²) in [6, 6.07) is 4.53. The Morgan fingerprint density at radius 2 is 1.82 bits per heavy atom. The van der Waals surface area contributed by atoms with E-state index >= 15 is 0 Å². The van der Waals surface area contributed by atoms with Crippen LogP contribution in [0.5, 0.6) is 11.8 Å². The molecular weight excluding hydrogens is 377 g/mol. The summed E-state index contributed by atoms with van der Waals surface area (Å²) in [6.45, 7) is 0.696. The van der Waals surface area contributed by atoms with E-state index in [-0.39, 0.29) is 17.8 Å². The number of nitrogens with zero attached hydrogens (tertiary/aromatic N) is 3. The van der Waals surface area contributed by atoms with Crippen molar-refractivity contribution < 1.29 is 27.4 Å². The topological polar surface area (TPSA) is 76.6 Å². The Kier molecular flexibility index (Phi) is 5.86. The number of piperidine rings is 1. The second kappa shape index (κ2) is 8.32. The summed E-state index contributed by atoms with van der Waals surface area (Å²) in [4.78, 5) is 21.9. The number of hydrogen-bond acceptors (Lipinski definition) is 5. The minimum atomic E-state index is -4.54. The first-order chi connectivity index (χ1) is 13.4. The van der Waals surface area contributed by atoms with Gasteiger partial charge in [0, 0.05) is 25.9 Å². The van der Waals surface area contributed by atoms with Crippen molar-refractivity contribution in [3.8, 4) is 11.8 Å². The molecular formula is C18H19F3N4O3. The zero-order valence-corrected chi connectivity index (χ0v) is 15.1. The van der Waals surface area contributed by atoms with Crippen LogP contribution in [-0.2, 0) is 6.18 Å². The van der Waals surface area contributed by atoms with Crippen molar-refractivity contribution in [2.45, 2.75) is 25.1 Å². The van der Waals surface area contributed by atoms with Crippen LogP contribution in [0, 0.1) is 0 Å². The number of likely N-dealkylation sites (tertiary alicyclic amines) is 1. The number of urea groups is 1. The third kappa shape index (κ3) is 4.81. The molecule has 2 amide bonds. The molecule has 1 aliphatic heterocycles. The van der Waals surface area contributed by atoms with E-state index < -0.39 is 17.8 Å². The van der Waals surface area contributed by atoms with Gasteiger partial charge in [0.1, 0.15) is 6.10 Å². The number of rotatable bonds is 4. The van der Waals surface area contributed by atoms with Gasteiger partial charge in [0.25, 0.3) is 0 Å². The number of nitrogens with one attached hydrogen (secondary N) is 1. The number of anilines is 1. The van der Waals surface area contributed by atoms with Gasteiger partial charge in [-0.25, -0.2) is 4.79 Å². The van der Waals surface area contributed by atoms with Gasteiger partial charge in [-0.2, -0.15) is 23.1 Å². The highest BCUT2D eigenvalue weighted by atomic mass is 19.4. The molecule has 28 heavy (non-hydrogen) atoms. The molecule has 10 heteroatoms. The molecule has 0 bridgehead atoms. The molecule has 150 valence electrons. The lowest BCUT2D eigenvalue weighted by molar-refractivity contribution is -0.136. The van der Waals surface area contributed by atoms with Crippen LogP contribution >= 0.6 is 0 Å². The largest absolute Gasteiger partial charge is 0.494 e. The summed E-state index contributed by atoms with van der Waals surface area (Å²) in [5.74, 6) is 0.512. The van der Waals surface area contributed by atoms with E-state index in [1.54, 1.807) is 0 Å². The van der Waals surface area contributed by atoms with Gasteiger partial charge in [0.2, 0.25) is 0 Å². The van der Waals surface area contributed by atoms with Gasteiger partial charge < -0.3 is 19.7 Å². The Morgan fingerprint density at radius 1 is 1.18 bits per heavy atom. The van der Waals surface area contributed by atoms with Crippen LogP contribution in [0.2, 0.25) is 0 Å². The van der Waals surface area contributed by atoms with Gasteiger partial charge in [-0.15, -0.1) is 0 Å². The molecule has 7 nitrogen and oxygen atoms in total. The molecule has 0 spiro atoms. The van der Waals surface area contributed by atoms with Crippen LogP contribution in [0.4, 0.5) is 23.7 Å². The molecule has 0 unspecified atom stereocenters. The van der Waals surface area contributed by atoms with E-state index in [4.69, 9.17) is 9.47 Å². The van der Waals surface area contributed by atoms with Crippen molar-refractivity contribution in [2.75, 3.05) is 25.5 Å². The van der Waals surface area contributed by atoms with E-state index in [2.05, 4.69) is 15.3 Å². The Balaban J connectivity index is 1.54. The summed E-state index contributed by atoms with van der Waals surface area (Å²) in [5, 5.41) is 2.35. The van der Waals surface area contributed by atoms with Crippen molar-refractivity contribution in [1.29, 1.82) is 0 Å². The molecule has 1 fully saturated rings. The Hall–Kier alpha value is -3.04. The molecule has 1 aliphatic rings. The zero-order valence-electron chi connectivity index (χ0n) is 15.1. The number of alkyl halides is 3. The van der Waals surface area contributed by atoms with Crippen LogP contribution in [-0.4, -0.2) is 47.2 Å². The Bertz CT molecular complexity index is 806. The maximum atomic E-state index is 13.0. The minimum absolute atomic E-state index is 0.181. The molecule has 3 rings (SSSR count). The van der Waals surface area contributed by atoms with Gasteiger partial charge in [0.15, 0.2) is 5.75 Å². The summed E-state index contributed by atoms with van der Waals surface area (Å²) in [5.41, 5.74) is -1.14. The van der Waals surface area contributed by atoms with Gasteiger partial charge in [-0.05, 0) is 12.1 Å². The number of carbonyl (C=O) groups is 1. The third-order valence-electron chi connectivity index (χ3n) is 4.32. The lowest BCUT2D eigenvalue weighted by Crippen LogP contribution is -2.44. The summed E-state index contributed by atoms with van der Waals surface area (Å²) >= 11 is 0. The maximum Gasteiger partial charge on any atom is 0.418 e. The van der Waals surface area contributed by atoms with Crippen LogP contribution < -0.4 is 14.8 Å². The number of halogens is 3. The average Bonchev–Trinajstić information content (AvgIpc) is 2.69. The standard InChI is InChI=1S/C18H19F3N4O3/c1-27-13-10-22-16(23-11-13)28-12-6-8-25(9-7-12)17(26)24-15-5-3-2-4-14(15)18(19,20)21/h2-5,10-12H,6-9H2,1H3,(H,24,26). The SMILES string of the molecule is COc1cnc(OC2CCN(C(=O)Nc3ccccc3C(F)(F)F)CC2)nc1. The van der Waals surface area contributed by atoms with Crippen molar-refractivity contribution in [3.63, 3.8) is 0 Å². The Labute approximate surface area is 159 Å². The molecule has 2 heterocycles. The highest BCUT2D eigenvalue weighted by molar-refractivity contribution is 5.90. The molecule has 0 radical (unpaired) electrons. The van der Waals surface area contributed by atoms with Crippen molar-refractivity contribution in [1.82, 2.24) is 14.9 Å².